The van der Waals surface area contributed by atoms with E-state index in [0.29, 0.717) is 11.8 Å². The first-order valence-electron chi connectivity index (χ1n) is 20.9. The molecule has 6 heteroatoms. The van der Waals surface area contributed by atoms with Gasteiger partial charge in [0.25, 0.3) is 0 Å². The Morgan fingerprint density at radius 1 is 0.475 bits per heavy atom. The summed E-state index contributed by atoms with van der Waals surface area (Å²) >= 11 is 0. The van der Waals surface area contributed by atoms with E-state index in [1.807, 2.05) is 42.5 Å². The second-order valence-corrected chi connectivity index (χ2v) is 16.0. The van der Waals surface area contributed by atoms with Crippen LogP contribution in [0.15, 0.2) is 210 Å². The van der Waals surface area contributed by atoms with Crippen LogP contribution >= 0.6 is 0 Å². The minimum absolute atomic E-state index is 0.176. The average Bonchev–Trinajstić information content (AvgIpc) is 3.72. The van der Waals surface area contributed by atoms with Crippen LogP contribution in [-0.2, 0) is 0 Å². The Kier molecular flexibility index (Phi) is 9.95. The lowest BCUT2D eigenvalue weighted by molar-refractivity contribution is 0.543. The number of hydrogen-bond donors (Lipinski definition) is 3. The molecule has 2 heterocycles. The highest BCUT2D eigenvalue weighted by atomic mass is 15.3. The smallest absolute Gasteiger partial charge is 0.159 e. The number of para-hydroxylation sites is 3. The molecule has 8 aromatic carbocycles. The van der Waals surface area contributed by atoms with Crippen LogP contribution in [0.5, 0.6) is 0 Å². The van der Waals surface area contributed by atoms with Crippen molar-refractivity contribution in [1.29, 1.82) is 0 Å². The molecule has 0 aromatic heterocycles. The van der Waals surface area contributed by atoms with Gasteiger partial charge >= 0.3 is 0 Å². The summed E-state index contributed by atoms with van der Waals surface area (Å²) in [6.45, 7) is 4.55. The number of anilines is 4. The Bertz CT molecular complexity index is 2880. The third kappa shape index (κ3) is 7.56. The Morgan fingerprint density at radius 3 is 1.67 bits per heavy atom. The lowest BCUT2D eigenvalue weighted by atomic mass is 9.96. The number of nitrogen functional groups attached to an aromatic ring is 1. The van der Waals surface area contributed by atoms with Gasteiger partial charge in [0.1, 0.15) is 18.2 Å². The van der Waals surface area contributed by atoms with Gasteiger partial charge in [-0.15, -0.1) is 0 Å². The molecule has 0 amide bonds. The van der Waals surface area contributed by atoms with Gasteiger partial charge in [0, 0.05) is 22.4 Å². The quantitative estimate of drug-likeness (QED) is 0.127. The maximum Gasteiger partial charge on any atom is 0.159 e. The van der Waals surface area contributed by atoms with Gasteiger partial charge in [-0.25, -0.2) is 9.98 Å². The van der Waals surface area contributed by atoms with Crippen molar-refractivity contribution in [2.24, 2.45) is 15.9 Å². The Labute approximate surface area is 357 Å². The van der Waals surface area contributed by atoms with Crippen molar-refractivity contribution in [3.05, 3.63) is 217 Å². The van der Waals surface area contributed by atoms with Crippen LogP contribution in [0.4, 0.5) is 22.7 Å². The second kappa shape index (κ2) is 16.2. The molecule has 4 N–H and O–H groups in total. The van der Waals surface area contributed by atoms with Crippen LogP contribution in [0.1, 0.15) is 36.7 Å². The monoisotopic (exact) mass is 790 g/mol. The molecule has 8 aromatic rings. The van der Waals surface area contributed by atoms with E-state index in [2.05, 4.69) is 187 Å². The fraction of sp³-hybridized carbons (Fsp3) is 0.0909. The van der Waals surface area contributed by atoms with Crippen LogP contribution in [0.25, 0.3) is 44.5 Å². The molecule has 0 bridgehead atoms. The van der Waals surface area contributed by atoms with Crippen molar-refractivity contribution in [2.75, 3.05) is 16.0 Å². The highest BCUT2D eigenvalue weighted by Crippen LogP contribution is 2.45. The van der Waals surface area contributed by atoms with E-state index < -0.39 is 0 Å². The van der Waals surface area contributed by atoms with Crippen molar-refractivity contribution >= 4 is 34.4 Å². The molecule has 2 atom stereocenters. The zero-order chi connectivity index (χ0) is 41.3. The van der Waals surface area contributed by atoms with Crippen LogP contribution in [-0.4, -0.2) is 17.8 Å². The minimum atomic E-state index is -0.311. The number of fused-ring (bicyclic) bond motifs is 1. The lowest BCUT2D eigenvalue weighted by Crippen LogP contribution is -2.36. The van der Waals surface area contributed by atoms with Gasteiger partial charge in [-0.2, -0.15) is 0 Å². The molecular formula is C55H46N6. The molecule has 10 rings (SSSR count). The Balaban J connectivity index is 0.884. The number of hydrogen-bond acceptors (Lipinski definition) is 6. The van der Waals surface area contributed by atoms with E-state index in [-0.39, 0.29) is 12.3 Å². The summed E-state index contributed by atoms with van der Waals surface area (Å²) in [6, 6.07) is 70.4. The molecule has 0 aliphatic carbocycles. The normalized spacial score (nSPS) is 15.7. The first kappa shape index (κ1) is 37.6. The molecule has 2 unspecified atom stereocenters. The standard InChI is InChI=1S/C55H46N6/c1-36(2)55-57-49-16-7-9-18-51(49)61(55)50-17-8-6-15-48(50)42-27-23-39(24-28-42)37-19-21-38(22-20-37)40-25-29-44(30-26-40)53-58-52(43-11-4-3-5-12-43)59-54(60-53)46-14-10-13-45(35-46)41-31-33-47(56)34-32-41/h3-36,53,55,57H,56H2,1-2H3,(H,58,59,60). The van der Waals surface area contributed by atoms with E-state index in [4.69, 9.17) is 15.7 Å². The SMILES string of the molecule is CC(C)C1Nc2ccccc2N1c1ccccc1-c1ccc(-c2ccc(-c3ccc(C4N=C(c5cccc(-c6ccc(N)cc6)c5)N=C(c5ccccc5)N4)cc3)cc2)cc1. The van der Waals surface area contributed by atoms with Gasteiger partial charge in [0.2, 0.25) is 0 Å². The summed E-state index contributed by atoms with van der Waals surface area (Å²) in [7, 11) is 0. The van der Waals surface area contributed by atoms with Crippen molar-refractivity contribution < 1.29 is 0 Å². The van der Waals surface area contributed by atoms with Gasteiger partial charge in [0.15, 0.2) is 5.84 Å². The van der Waals surface area contributed by atoms with E-state index >= 15 is 0 Å². The van der Waals surface area contributed by atoms with Crippen molar-refractivity contribution in [2.45, 2.75) is 26.2 Å². The summed E-state index contributed by atoms with van der Waals surface area (Å²) < 4.78 is 0. The zero-order valence-electron chi connectivity index (χ0n) is 34.2. The van der Waals surface area contributed by atoms with Crippen LogP contribution < -0.4 is 21.3 Å². The lowest BCUT2D eigenvalue weighted by Gasteiger charge is -2.31. The third-order valence-corrected chi connectivity index (χ3v) is 11.7. The summed E-state index contributed by atoms with van der Waals surface area (Å²) in [5.74, 6) is 1.89. The molecule has 6 nitrogen and oxygen atoms in total. The largest absolute Gasteiger partial charge is 0.399 e. The molecule has 2 aliphatic rings. The first-order valence-corrected chi connectivity index (χ1v) is 20.9. The molecule has 296 valence electrons. The number of amidine groups is 2. The van der Waals surface area contributed by atoms with E-state index in [1.54, 1.807) is 0 Å². The van der Waals surface area contributed by atoms with Crippen LogP contribution in [0.3, 0.4) is 0 Å². The van der Waals surface area contributed by atoms with Crippen molar-refractivity contribution in [3.8, 4) is 44.5 Å². The van der Waals surface area contributed by atoms with E-state index in [0.717, 1.165) is 50.5 Å². The molecule has 61 heavy (non-hydrogen) atoms. The molecule has 0 saturated carbocycles. The van der Waals surface area contributed by atoms with Gasteiger partial charge in [0.05, 0.1) is 17.1 Å². The maximum atomic E-state index is 5.97. The number of rotatable bonds is 9. The molecule has 0 spiro atoms. The topological polar surface area (TPSA) is 78.0 Å². The first-order chi connectivity index (χ1) is 29.9. The van der Waals surface area contributed by atoms with Crippen molar-refractivity contribution in [1.82, 2.24) is 5.32 Å². The molecule has 2 aliphatic heterocycles. The molecule has 0 radical (unpaired) electrons. The molecule has 0 saturated heterocycles. The number of benzene rings is 8. The minimum Gasteiger partial charge on any atom is -0.399 e. The highest BCUT2D eigenvalue weighted by Gasteiger charge is 2.33. The van der Waals surface area contributed by atoms with Crippen LogP contribution in [0, 0.1) is 5.92 Å². The average molecular weight is 791 g/mol. The summed E-state index contributed by atoms with van der Waals surface area (Å²) in [4.78, 5) is 12.7. The van der Waals surface area contributed by atoms with Crippen LogP contribution in [0.2, 0.25) is 0 Å². The Morgan fingerprint density at radius 2 is 1.00 bits per heavy atom. The number of nitrogens with zero attached hydrogens (tertiary/aromatic N) is 3. The van der Waals surface area contributed by atoms with Gasteiger partial charge in [-0.3, -0.25) is 0 Å². The molecule has 0 fully saturated rings. The van der Waals surface area contributed by atoms with Gasteiger partial charge < -0.3 is 21.3 Å². The summed E-state index contributed by atoms with van der Waals surface area (Å²) in [6.07, 6.45) is -0.135. The fourth-order valence-corrected chi connectivity index (χ4v) is 8.41. The maximum absolute atomic E-state index is 5.97. The fourth-order valence-electron chi connectivity index (χ4n) is 8.41. The second-order valence-electron chi connectivity index (χ2n) is 16.0. The van der Waals surface area contributed by atoms with E-state index in [9.17, 15) is 0 Å². The third-order valence-electron chi connectivity index (χ3n) is 11.7. The van der Waals surface area contributed by atoms with Gasteiger partial charge in [-0.1, -0.05) is 178 Å². The number of aliphatic imine (C=N–C) groups is 2. The zero-order valence-corrected chi connectivity index (χ0v) is 34.2. The summed E-state index contributed by atoms with van der Waals surface area (Å²) in [5.41, 5.74) is 22.6. The Hall–Kier alpha value is -7.70. The predicted molar refractivity (Wildman–Crippen MR) is 255 cm³/mol. The van der Waals surface area contributed by atoms with E-state index in [1.165, 1.54) is 39.3 Å². The van der Waals surface area contributed by atoms with Crippen molar-refractivity contribution in [3.63, 3.8) is 0 Å². The summed E-state index contributed by atoms with van der Waals surface area (Å²) in [5, 5.41) is 7.37. The molecular weight excluding hydrogens is 745 g/mol. The predicted octanol–water partition coefficient (Wildman–Crippen LogP) is 13.0. The highest BCUT2D eigenvalue weighted by molar-refractivity contribution is 6.13. The van der Waals surface area contributed by atoms with Gasteiger partial charge in [-0.05, 0) is 86.8 Å². The number of nitrogens with one attached hydrogen (secondary N) is 2. The number of nitrogens with two attached hydrogens (primary N) is 1.